The predicted octanol–water partition coefficient (Wildman–Crippen LogP) is 1.81. The Hall–Kier alpha value is -2.77. The van der Waals surface area contributed by atoms with E-state index in [0.717, 1.165) is 24.8 Å². The van der Waals surface area contributed by atoms with Crippen LogP contribution in [0, 0.1) is 0 Å². The first-order chi connectivity index (χ1) is 12.1. The van der Waals surface area contributed by atoms with Crippen LogP contribution in [0.2, 0.25) is 0 Å². The van der Waals surface area contributed by atoms with Gasteiger partial charge in [-0.3, -0.25) is 4.79 Å². The number of carbonyl (C=O) groups excluding carboxylic acids is 2. The third kappa shape index (κ3) is 3.84. The summed E-state index contributed by atoms with van der Waals surface area (Å²) in [5, 5.41) is 13.6. The quantitative estimate of drug-likeness (QED) is 0.850. The average molecular weight is 343 g/mol. The second-order valence-corrected chi connectivity index (χ2v) is 6.32. The van der Waals surface area contributed by atoms with Gasteiger partial charge in [0.1, 0.15) is 0 Å². The fourth-order valence-electron chi connectivity index (χ4n) is 3.24. The van der Waals surface area contributed by atoms with Gasteiger partial charge in [0, 0.05) is 17.6 Å². The monoisotopic (exact) mass is 343 g/mol. The van der Waals surface area contributed by atoms with Gasteiger partial charge >= 0.3 is 5.97 Å². The summed E-state index contributed by atoms with van der Waals surface area (Å²) in [5.41, 5.74) is 1.11. The van der Waals surface area contributed by atoms with Gasteiger partial charge in [0.25, 0.3) is 5.91 Å². The first-order valence-electron chi connectivity index (χ1n) is 8.38. The Bertz CT molecular complexity index is 719. The van der Waals surface area contributed by atoms with E-state index in [4.69, 9.17) is 4.74 Å². The van der Waals surface area contributed by atoms with Crippen LogP contribution in [0.4, 0.5) is 0 Å². The number of likely N-dealkylation sites (tertiary alicyclic amines) is 1. The minimum atomic E-state index is -0.523. The standard InChI is InChI=1S/C17H21N5O3/c1-11-4-3-5-12(2)22(11)15(23)10-25-17(24)14-8-6-13(7-9-14)16-18-20-21-19-16/h6-9,11-12H,3-5,10H2,1-2H3,(H,18,19,20,21). The topological polar surface area (TPSA) is 101 Å². The molecule has 0 saturated carbocycles. The van der Waals surface area contributed by atoms with Crippen molar-refractivity contribution in [2.75, 3.05) is 6.61 Å². The van der Waals surface area contributed by atoms with Crippen LogP contribution < -0.4 is 0 Å². The molecule has 0 bridgehead atoms. The number of carbonyl (C=O) groups is 2. The average Bonchev–Trinajstić information content (AvgIpc) is 3.14. The van der Waals surface area contributed by atoms with Crippen LogP contribution in [0.1, 0.15) is 43.5 Å². The molecule has 3 rings (SSSR count). The molecule has 0 radical (unpaired) electrons. The minimum absolute atomic E-state index is 0.142. The molecule has 2 aromatic rings. The number of piperidine rings is 1. The van der Waals surface area contributed by atoms with E-state index in [2.05, 4.69) is 20.6 Å². The second-order valence-electron chi connectivity index (χ2n) is 6.32. The molecule has 25 heavy (non-hydrogen) atoms. The summed E-state index contributed by atoms with van der Waals surface area (Å²) in [4.78, 5) is 26.4. The number of aromatic nitrogens is 4. The molecule has 8 nitrogen and oxygen atoms in total. The number of hydrogen-bond acceptors (Lipinski definition) is 6. The molecule has 8 heteroatoms. The zero-order chi connectivity index (χ0) is 17.8. The van der Waals surface area contributed by atoms with Crippen molar-refractivity contribution in [3.8, 4) is 11.4 Å². The maximum atomic E-state index is 12.4. The molecule has 2 heterocycles. The lowest BCUT2D eigenvalue weighted by molar-refractivity contribution is -0.140. The Morgan fingerprint density at radius 3 is 2.48 bits per heavy atom. The summed E-state index contributed by atoms with van der Waals surface area (Å²) in [6, 6.07) is 7.01. The molecule has 0 aliphatic carbocycles. The van der Waals surface area contributed by atoms with E-state index in [9.17, 15) is 9.59 Å². The Morgan fingerprint density at radius 1 is 1.20 bits per heavy atom. The van der Waals surface area contributed by atoms with E-state index in [1.807, 2.05) is 18.7 Å². The van der Waals surface area contributed by atoms with Crippen molar-refractivity contribution in [1.82, 2.24) is 25.5 Å². The molecule has 1 aromatic heterocycles. The van der Waals surface area contributed by atoms with Gasteiger partial charge < -0.3 is 9.64 Å². The van der Waals surface area contributed by atoms with Crippen molar-refractivity contribution in [2.45, 2.75) is 45.2 Å². The zero-order valence-corrected chi connectivity index (χ0v) is 14.3. The number of tetrazole rings is 1. The Balaban J connectivity index is 1.58. The number of ether oxygens (including phenoxy) is 1. The summed E-state index contributed by atoms with van der Waals surface area (Å²) in [7, 11) is 0. The Labute approximate surface area is 145 Å². The molecule has 1 fully saturated rings. The first kappa shape index (κ1) is 17.1. The fourth-order valence-corrected chi connectivity index (χ4v) is 3.24. The highest BCUT2D eigenvalue weighted by atomic mass is 16.5. The first-order valence-corrected chi connectivity index (χ1v) is 8.38. The molecular formula is C17H21N5O3. The van der Waals surface area contributed by atoms with E-state index in [0.29, 0.717) is 11.4 Å². The smallest absolute Gasteiger partial charge is 0.338 e. The van der Waals surface area contributed by atoms with E-state index in [1.165, 1.54) is 0 Å². The third-order valence-corrected chi connectivity index (χ3v) is 4.53. The van der Waals surface area contributed by atoms with Gasteiger partial charge in [-0.25, -0.2) is 4.79 Å². The van der Waals surface area contributed by atoms with Crippen molar-refractivity contribution >= 4 is 11.9 Å². The highest BCUT2D eigenvalue weighted by Gasteiger charge is 2.29. The van der Waals surface area contributed by atoms with Crippen LogP contribution in [0.5, 0.6) is 0 Å². The summed E-state index contributed by atoms with van der Waals surface area (Å²) < 4.78 is 5.19. The van der Waals surface area contributed by atoms with Crippen LogP contribution >= 0.6 is 0 Å². The van der Waals surface area contributed by atoms with Crippen molar-refractivity contribution in [3.05, 3.63) is 29.8 Å². The molecule has 2 unspecified atom stereocenters. The van der Waals surface area contributed by atoms with Crippen molar-refractivity contribution in [2.24, 2.45) is 0 Å². The third-order valence-electron chi connectivity index (χ3n) is 4.53. The van der Waals surface area contributed by atoms with Crippen LogP contribution in [-0.4, -0.2) is 56.1 Å². The number of nitrogens with zero attached hydrogens (tertiary/aromatic N) is 4. The van der Waals surface area contributed by atoms with Crippen molar-refractivity contribution in [1.29, 1.82) is 0 Å². The number of esters is 1. The van der Waals surface area contributed by atoms with Crippen LogP contribution in [-0.2, 0) is 9.53 Å². The number of H-pyrrole nitrogens is 1. The Kier molecular flexibility index (Phi) is 5.06. The number of aromatic amines is 1. The highest BCUT2D eigenvalue weighted by molar-refractivity contribution is 5.91. The van der Waals surface area contributed by atoms with Gasteiger partial charge in [-0.1, -0.05) is 12.1 Å². The molecule has 1 saturated heterocycles. The van der Waals surface area contributed by atoms with E-state index in [-0.39, 0.29) is 24.6 Å². The zero-order valence-electron chi connectivity index (χ0n) is 14.3. The van der Waals surface area contributed by atoms with Gasteiger partial charge in [-0.15, -0.1) is 10.2 Å². The van der Waals surface area contributed by atoms with Gasteiger partial charge in [0.05, 0.1) is 5.56 Å². The molecule has 1 amide bonds. The number of hydrogen-bond donors (Lipinski definition) is 1. The van der Waals surface area contributed by atoms with E-state index in [1.54, 1.807) is 24.3 Å². The molecule has 1 aromatic carbocycles. The van der Waals surface area contributed by atoms with Gasteiger partial charge in [-0.2, -0.15) is 5.21 Å². The molecule has 132 valence electrons. The van der Waals surface area contributed by atoms with E-state index >= 15 is 0 Å². The molecule has 1 aliphatic rings. The lowest BCUT2D eigenvalue weighted by Crippen LogP contribution is -2.49. The number of rotatable bonds is 4. The minimum Gasteiger partial charge on any atom is -0.452 e. The maximum absolute atomic E-state index is 12.4. The number of benzene rings is 1. The second kappa shape index (κ2) is 7.42. The van der Waals surface area contributed by atoms with Crippen molar-refractivity contribution in [3.63, 3.8) is 0 Å². The molecular weight excluding hydrogens is 322 g/mol. The van der Waals surface area contributed by atoms with Gasteiger partial charge in [0.2, 0.25) is 5.82 Å². The summed E-state index contributed by atoms with van der Waals surface area (Å²) >= 11 is 0. The van der Waals surface area contributed by atoms with Crippen LogP contribution in [0.25, 0.3) is 11.4 Å². The van der Waals surface area contributed by atoms with Crippen LogP contribution in [0.15, 0.2) is 24.3 Å². The lowest BCUT2D eigenvalue weighted by Gasteiger charge is -2.38. The largest absolute Gasteiger partial charge is 0.452 e. The summed E-state index contributed by atoms with van der Waals surface area (Å²) in [6.07, 6.45) is 3.10. The number of amides is 1. The van der Waals surface area contributed by atoms with E-state index < -0.39 is 5.97 Å². The molecule has 0 spiro atoms. The summed E-state index contributed by atoms with van der Waals surface area (Å²) in [5.74, 6) is -0.218. The fraction of sp³-hybridized carbons (Fsp3) is 0.471. The highest BCUT2D eigenvalue weighted by Crippen LogP contribution is 2.22. The normalized spacial score (nSPS) is 20.3. The summed E-state index contributed by atoms with van der Waals surface area (Å²) in [6.45, 7) is 3.83. The number of nitrogens with one attached hydrogen (secondary N) is 1. The molecule has 1 aliphatic heterocycles. The lowest BCUT2D eigenvalue weighted by atomic mass is 9.97. The van der Waals surface area contributed by atoms with Gasteiger partial charge in [-0.05, 0) is 50.5 Å². The molecule has 1 N–H and O–H groups in total. The van der Waals surface area contributed by atoms with Crippen LogP contribution in [0.3, 0.4) is 0 Å². The SMILES string of the molecule is CC1CCCC(C)N1C(=O)COC(=O)c1ccc(-c2nn[nH]n2)cc1. The molecule has 2 atom stereocenters. The van der Waals surface area contributed by atoms with Crippen molar-refractivity contribution < 1.29 is 14.3 Å². The maximum Gasteiger partial charge on any atom is 0.338 e. The predicted molar refractivity (Wildman–Crippen MR) is 89.5 cm³/mol. The van der Waals surface area contributed by atoms with Gasteiger partial charge in [0.15, 0.2) is 6.61 Å². The Morgan fingerprint density at radius 2 is 1.88 bits per heavy atom.